The van der Waals surface area contributed by atoms with Crippen LogP contribution in [0.3, 0.4) is 0 Å². The van der Waals surface area contributed by atoms with Crippen molar-refractivity contribution in [1.82, 2.24) is 10.2 Å². The fraction of sp³-hybridized carbons (Fsp3) is 0. The van der Waals surface area contributed by atoms with Crippen molar-refractivity contribution in [1.29, 1.82) is 0 Å². The molecule has 0 aliphatic heterocycles. The summed E-state index contributed by atoms with van der Waals surface area (Å²) in [5, 5.41) is 14.9. The second-order valence-electron chi connectivity index (χ2n) is 7.15. The van der Waals surface area contributed by atoms with Crippen LogP contribution in [0.5, 0.6) is 0 Å². The van der Waals surface area contributed by atoms with E-state index in [1.807, 2.05) is 30.3 Å². The third-order valence-electron chi connectivity index (χ3n) is 4.87. The lowest BCUT2D eigenvalue weighted by molar-refractivity contribution is 0.101. The molecule has 0 atom stereocenters. The molecule has 2 aromatic heterocycles. The monoisotopic (exact) mass is 508 g/mol. The average Bonchev–Trinajstić information content (AvgIpc) is 3.44. The number of nitrogens with zero attached hydrogens (tertiary/aromatic N) is 2. The van der Waals surface area contributed by atoms with Gasteiger partial charge in [0.15, 0.2) is 0 Å². The van der Waals surface area contributed by atoms with Crippen LogP contribution in [0.1, 0.15) is 20.0 Å². The van der Waals surface area contributed by atoms with Crippen molar-refractivity contribution in [3.8, 4) is 11.5 Å². The molecular weight excluding hydrogens is 495 g/mol. The highest BCUT2D eigenvalue weighted by Crippen LogP contribution is 2.37. The van der Waals surface area contributed by atoms with Gasteiger partial charge in [-0.3, -0.25) is 14.9 Å². The van der Waals surface area contributed by atoms with E-state index in [-0.39, 0.29) is 11.9 Å². The predicted molar refractivity (Wildman–Crippen MR) is 134 cm³/mol. The summed E-state index contributed by atoms with van der Waals surface area (Å²) in [7, 11) is 0. The van der Waals surface area contributed by atoms with Crippen molar-refractivity contribution >= 4 is 68.1 Å². The lowest BCUT2D eigenvalue weighted by atomic mass is 10.2. The Balaban J connectivity index is 1.26. The zero-order chi connectivity index (χ0) is 23.7. The first-order valence-electron chi connectivity index (χ1n) is 9.97. The fourth-order valence-corrected chi connectivity index (χ4v) is 4.91. The molecule has 0 saturated carbocycles. The number of nitrogens with one attached hydrogen (secondary N) is 2. The van der Waals surface area contributed by atoms with Gasteiger partial charge in [-0.15, -0.1) is 16.4 Å². The number of fused-ring (bicyclic) bond motifs is 1. The first-order valence-corrected chi connectivity index (χ1v) is 11.5. The van der Waals surface area contributed by atoms with Crippen LogP contribution in [-0.2, 0) is 0 Å². The number of benzene rings is 3. The molecule has 0 saturated heterocycles. The first kappa shape index (κ1) is 22.1. The summed E-state index contributed by atoms with van der Waals surface area (Å²) in [6.45, 7) is 0. The molecule has 34 heavy (non-hydrogen) atoms. The second-order valence-corrected chi connectivity index (χ2v) is 9.02. The summed E-state index contributed by atoms with van der Waals surface area (Å²) in [4.78, 5) is 25.7. The summed E-state index contributed by atoms with van der Waals surface area (Å²) < 4.78 is 6.33. The predicted octanol–water partition coefficient (Wildman–Crippen LogP) is 6.76. The van der Waals surface area contributed by atoms with Gasteiger partial charge in [0.2, 0.25) is 5.89 Å². The maximum absolute atomic E-state index is 12.7. The van der Waals surface area contributed by atoms with Gasteiger partial charge in [0.05, 0.1) is 5.02 Å². The lowest BCUT2D eigenvalue weighted by Gasteiger charge is -2.06. The topological polar surface area (TPSA) is 97.1 Å². The van der Waals surface area contributed by atoms with Gasteiger partial charge in [0, 0.05) is 31.9 Å². The molecule has 0 fully saturated rings. The Morgan fingerprint density at radius 3 is 2.38 bits per heavy atom. The Hall–Kier alpha value is -3.72. The molecule has 5 rings (SSSR count). The summed E-state index contributed by atoms with van der Waals surface area (Å²) in [5.41, 5.74) is 1.61. The molecule has 0 radical (unpaired) electrons. The molecule has 2 heterocycles. The number of thiophene rings is 1. The summed E-state index contributed by atoms with van der Waals surface area (Å²) in [6, 6.07) is 20.9. The van der Waals surface area contributed by atoms with Gasteiger partial charge in [-0.25, -0.2) is 0 Å². The van der Waals surface area contributed by atoms with E-state index in [0.29, 0.717) is 32.1 Å². The van der Waals surface area contributed by atoms with Crippen LogP contribution in [0.4, 0.5) is 11.7 Å². The molecule has 3 aromatic carbocycles. The van der Waals surface area contributed by atoms with Gasteiger partial charge in [0.25, 0.3) is 11.8 Å². The van der Waals surface area contributed by atoms with Gasteiger partial charge >= 0.3 is 6.01 Å². The first-order chi connectivity index (χ1) is 16.5. The van der Waals surface area contributed by atoms with Crippen molar-refractivity contribution in [2.45, 2.75) is 0 Å². The molecular formula is C24H14Cl2N4O3S. The van der Waals surface area contributed by atoms with E-state index in [1.54, 1.807) is 42.5 Å². The van der Waals surface area contributed by atoms with Crippen LogP contribution in [0, 0.1) is 0 Å². The molecule has 2 amide bonds. The van der Waals surface area contributed by atoms with Gasteiger partial charge < -0.3 is 9.73 Å². The average molecular weight is 509 g/mol. The second kappa shape index (κ2) is 9.26. The van der Waals surface area contributed by atoms with Crippen LogP contribution >= 0.6 is 34.5 Å². The van der Waals surface area contributed by atoms with Gasteiger partial charge in [0.1, 0.15) is 4.88 Å². The Morgan fingerprint density at radius 2 is 1.62 bits per heavy atom. The van der Waals surface area contributed by atoms with Crippen molar-refractivity contribution in [2.24, 2.45) is 0 Å². The van der Waals surface area contributed by atoms with Crippen molar-refractivity contribution < 1.29 is 14.0 Å². The molecule has 10 heteroatoms. The fourth-order valence-electron chi connectivity index (χ4n) is 3.22. The van der Waals surface area contributed by atoms with Crippen molar-refractivity contribution in [3.63, 3.8) is 0 Å². The molecule has 0 unspecified atom stereocenters. The molecule has 168 valence electrons. The van der Waals surface area contributed by atoms with E-state index in [9.17, 15) is 9.59 Å². The Kier molecular flexibility index (Phi) is 6.02. The number of hydrogen-bond acceptors (Lipinski definition) is 6. The standard InChI is InChI=1S/C24H14Cl2N4O3S/c25-15-8-11-17-18(12-15)34-20(19(17)26)22(32)27-16-9-6-13(7-10-16)21(31)28-24-30-29-23(33-24)14-4-2-1-3-5-14/h1-12H,(H,27,32)(H,28,30,31). The minimum Gasteiger partial charge on any atom is -0.403 e. The quantitative estimate of drug-likeness (QED) is 0.273. The van der Waals surface area contributed by atoms with E-state index in [1.165, 1.54) is 11.3 Å². The number of amides is 2. The maximum atomic E-state index is 12.7. The number of aromatic nitrogens is 2. The Labute approximate surface area is 207 Å². The van der Waals surface area contributed by atoms with Gasteiger partial charge in [-0.05, 0) is 48.5 Å². The zero-order valence-corrected chi connectivity index (χ0v) is 19.5. The molecule has 7 nitrogen and oxygen atoms in total. The Bertz CT molecular complexity index is 1510. The summed E-state index contributed by atoms with van der Waals surface area (Å²) >= 11 is 13.7. The highest BCUT2D eigenvalue weighted by atomic mass is 35.5. The highest BCUT2D eigenvalue weighted by Gasteiger charge is 2.18. The molecule has 5 aromatic rings. The number of rotatable bonds is 5. The van der Waals surface area contributed by atoms with E-state index in [4.69, 9.17) is 27.6 Å². The molecule has 0 aliphatic rings. The maximum Gasteiger partial charge on any atom is 0.322 e. The van der Waals surface area contributed by atoms with Gasteiger partial charge in [-0.1, -0.05) is 52.6 Å². The number of halogens is 2. The molecule has 0 bridgehead atoms. The van der Waals surface area contributed by atoms with Crippen LogP contribution < -0.4 is 10.6 Å². The summed E-state index contributed by atoms with van der Waals surface area (Å²) in [5.74, 6) is -0.472. The van der Waals surface area contributed by atoms with E-state index < -0.39 is 5.91 Å². The SMILES string of the molecule is O=C(Nc1nnc(-c2ccccc2)o1)c1ccc(NC(=O)c2sc3cc(Cl)ccc3c2Cl)cc1. The highest BCUT2D eigenvalue weighted by molar-refractivity contribution is 7.21. The minimum absolute atomic E-state index is 0.0132. The normalized spacial score (nSPS) is 10.9. The Morgan fingerprint density at radius 1 is 0.853 bits per heavy atom. The summed E-state index contributed by atoms with van der Waals surface area (Å²) in [6.07, 6.45) is 0. The van der Waals surface area contributed by atoms with Crippen LogP contribution in [0.25, 0.3) is 21.5 Å². The van der Waals surface area contributed by atoms with Crippen LogP contribution in [0.2, 0.25) is 10.0 Å². The lowest BCUT2D eigenvalue weighted by Crippen LogP contribution is -2.13. The van der Waals surface area contributed by atoms with Gasteiger partial charge in [-0.2, -0.15) is 0 Å². The zero-order valence-electron chi connectivity index (χ0n) is 17.2. The number of carbonyl (C=O) groups excluding carboxylic acids is 2. The third-order valence-corrected chi connectivity index (χ3v) is 6.76. The molecule has 0 spiro atoms. The number of hydrogen-bond donors (Lipinski definition) is 2. The molecule has 0 aliphatic carbocycles. The number of anilines is 2. The van der Waals surface area contributed by atoms with Crippen molar-refractivity contribution in [3.05, 3.63) is 93.3 Å². The minimum atomic E-state index is -0.425. The smallest absolute Gasteiger partial charge is 0.322 e. The molecule has 2 N–H and O–H groups in total. The van der Waals surface area contributed by atoms with E-state index in [2.05, 4.69) is 20.8 Å². The van der Waals surface area contributed by atoms with E-state index >= 15 is 0 Å². The third kappa shape index (κ3) is 4.51. The van der Waals surface area contributed by atoms with Crippen LogP contribution in [-0.4, -0.2) is 22.0 Å². The van der Waals surface area contributed by atoms with E-state index in [0.717, 1.165) is 15.6 Å². The van der Waals surface area contributed by atoms with Crippen molar-refractivity contribution in [2.75, 3.05) is 10.6 Å². The largest absolute Gasteiger partial charge is 0.403 e. The number of carbonyl (C=O) groups is 2. The van der Waals surface area contributed by atoms with Crippen LogP contribution in [0.15, 0.2) is 77.2 Å².